The van der Waals surface area contributed by atoms with E-state index in [-0.39, 0.29) is 23.6 Å². The number of hydrogen-bond donors (Lipinski definition) is 0. The van der Waals surface area contributed by atoms with E-state index in [0.29, 0.717) is 13.1 Å². The lowest BCUT2D eigenvalue weighted by Gasteiger charge is -2.26. The monoisotopic (exact) mass is 263 g/mol. The third kappa shape index (κ3) is 3.66. The Kier molecular flexibility index (Phi) is 5.26. The van der Waals surface area contributed by atoms with Crippen LogP contribution in [0.3, 0.4) is 0 Å². The van der Waals surface area contributed by atoms with Crippen LogP contribution in [-0.2, 0) is 0 Å². The maximum atomic E-state index is 13.9. The summed E-state index contributed by atoms with van der Waals surface area (Å²) in [6, 6.07) is 6.23. The van der Waals surface area contributed by atoms with Gasteiger partial charge in [0.15, 0.2) is 11.6 Å². The van der Waals surface area contributed by atoms with E-state index in [1.165, 1.54) is 12.1 Å². The zero-order valence-corrected chi connectivity index (χ0v) is 11.0. The summed E-state index contributed by atoms with van der Waals surface area (Å²) in [6.45, 7) is 4.76. The lowest BCUT2D eigenvalue weighted by molar-refractivity contribution is 0.499. The van der Waals surface area contributed by atoms with Crippen LogP contribution in [0.2, 0.25) is 0 Å². The highest BCUT2D eigenvalue weighted by Crippen LogP contribution is 2.25. The predicted octanol–water partition coefficient (Wildman–Crippen LogP) is 3.21. The molecule has 0 atom stereocenters. The molecule has 1 aromatic carbocycles. The first-order chi connectivity index (χ1) is 9.01. The standard InChI is InChI=1S/C14H15F2N3/c1-10(2)9-19(7-3-6-17)12-5-4-11(8-18)13(15)14(12)16/h4-5,10H,3,7,9H2,1-2H3. The Bertz CT molecular complexity index is 527. The van der Waals surface area contributed by atoms with E-state index in [0.717, 1.165) is 0 Å². The fourth-order valence-corrected chi connectivity index (χ4v) is 1.81. The predicted molar refractivity (Wildman–Crippen MR) is 68.4 cm³/mol. The van der Waals surface area contributed by atoms with Gasteiger partial charge in [-0.2, -0.15) is 10.5 Å². The molecule has 0 aliphatic rings. The molecule has 0 aromatic heterocycles. The van der Waals surface area contributed by atoms with Gasteiger partial charge >= 0.3 is 0 Å². The molecule has 0 spiro atoms. The third-order valence-electron chi connectivity index (χ3n) is 2.60. The average Bonchev–Trinajstić information content (AvgIpc) is 2.37. The smallest absolute Gasteiger partial charge is 0.183 e. The van der Waals surface area contributed by atoms with Crippen LogP contribution < -0.4 is 4.90 Å². The van der Waals surface area contributed by atoms with Crippen molar-refractivity contribution in [1.82, 2.24) is 0 Å². The van der Waals surface area contributed by atoms with Crippen LogP contribution in [0, 0.1) is 40.2 Å². The highest BCUT2D eigenvalue weighted by Gasteiger charge is 2.18. The van der Waals surface area contributed by atoms with Gasteiger partial charge in [0.2, 0.25) is 0 Å². The van der Waals surface area contributed by atoms with E-state index < -0.39 is 11.6 Å². The van der Waals surface area contributed by atoms with Crippen molar-refractivity contribution in [2.24, 2.45) is 5.92 Å². The first-order valence-corrected chi connectivity index (χ1v) is 6.01. The Labute approximate surface area is 111 Å². The largest absolute Gasteiger partial charge is 0.368 e. The van der Waals surface area contributed by atoms with Crippen LogP contribution in [0.25, 0.3) is 0 Å². The maximum Gasteiger partial charge on any atom is 0.183 e. The van der Waals surface area contributed by atoms with E-state index in [1.807, 2.05) is 19.9 Å². The molecule has 0 N–H and O–H groups in total. The summed E-state index contributed by atoms with van der Waals surface area (Å²) >= 11 is 0. The summed E-state index contributed by atoms with van der Waals surface area (Å²) in [5.41, 5.74) is -0.216. The molecular weight excluding hydrogens is 248 g/mol. The van der Waals surface area contributed by atoms with E-state index in [4.69, 9.17) is 10.5 Å². The second-order valence-corrected chi connectivity index (χ2v) is 4.62. The fraction of sp³-hybridized carbons (Fsp3) is 0.429. The topological polar surface area (TPSA) is 50.8 Å². The van der Waals surface area contributed by atoms with Gasteiger partial charge in [0.05, 0.1) is 23.7 Å². The molecule has 0 amide bonds. The van der Waals surface area contributed by atoms with Crippen molar-refractivity contribution in [2.75, 3.05) is 18.0 Å². The number of anilines is 1. The second kappa shape index (κ2) is 6.70. The molecule has 0 unspecified atom stereocenters. The second-order valence-electron chi connectivity index (χ2n) is 4.62. The van der Waals surface area contributed by atoms with E-state index >= 15 is 0 Å². The highest BCUT2D eigenvalue weighted by molar-refractivity contribution is 5.52. The first-order valence-electron chi connectivity index (χ1n) is 6.01. The van der Waals surface area contributed by atoms with Crippen LogP contribution >= 0.6 is 0 Å². The Balaban J connectivity index is 3.12. The fourth-order valence-electron chi connectivity index (χ4n) is 1.81. The molecule has 100 valence electrons. The minimum Gasteiger partial charge on any atom is -0.368 e. The molecule has 3 nitrogen and oxygen atoms in total. The summed E-state index contributed by atoms with van der Waals surface area (Å²) in [5.74, 6) is -1.92. The van der Waals surface area contributed by atoms with Gasteiger partial charge in [-0.25, -0.2) is 8.78 Å². The van der Waals surface area contributed by atoms with Gasteiger partial charge in [0, 0.05) is 13.1 Å². The van der Waals surface area contributed by atoms with E-state index in [9.17, 15) is 8.78 Å². The average molecular weight is 263 g/mol. The van der Waals surface area contributed by atoms with Crippen molar-refractivity contribution in [3.63, 3.8) is 0 Å². The molecule has 0 saturated carbocycles. The molecule has 0 saturated heterocycles. The molecule has 0 aliphatic carbocycles. The number of benzene rings is 1. The van der Waals surface area contributed by atoms with Crippen LogP contribution in [0.5, 0.6) is 0 Å². The molecule has 0 radical (unpaired) electrons. The van der Waals surface area contributed by atoms with Crippen molar-refractivity contribution in [1.29, 1.82) is 10.5 Å². The number of rotatable bonds is 5. The summed E-state index contributed by atoms with van der Waals surface area (Å²) in [4.78, 5) is 1.63. The Morgan fingerprint density at radius 2 is 1.89 bits per heavy atom. The number of nitriles is 2. The van der Waals surface area contributed by atoms with Crippen LogP contribution in [0.15, 0.2) is 12.1 Å². The highest BCUT2D eigenvalue weighted by atomic mass is 19.2. The summed E-state index contributed by atoms with van der Waals surface area (Å²) in [5, 5.41) is 17.3. The molecule has 0 fully saturated rings. The Hall–Kier alpha value is -2.14. The minimum atomic E-state index is -1.13. The van der Waals surface area contributed by atoms with Crippen molar-refractivity contribution in [2.45, 2.75) is 20.3 Å². The summed E-state index contributed by atoms with van der Waals surface area (Å²) < 4.78 is 27.5. The molecule has 0 aliphatic heterocycles. The molecule has 19 heavy (non-hydrogen) atoms. The van der Waals surface area contributed by atoms with Gasteiger partial charge in [-0.15, -0.1) is 0 Å². The van der Waals surface area contributed by atoms with Crippen LogP contribution in [0.1, 0.15) is 25.8 Å². The molecule has 0 heterocycles. The molecule has 1 rings (SSSR count). The van der Waals surface area contributed by atoms with Gasteiger partial charge in [0.1, 0.15) is 6.07 Å². The SMILES string of the molecule is CC(C)CN(CCC#N)c1ccc(C#N)c(F)c1F. The van der Waals surface area contributed by atoms with Gasteiger partial charge in [-0.05, 0) is 18.1 Å². The van der Waals surface area contributed by atoms with Crippen molar-refractivity contribution >= 4 is 5.69 Å². The number of hydrogen-bond acceptors (Lipinski definition) is 3. The summed E-state index contributed by atoms with van der Waals surface area (Å²) in [7, 11) is 0. The molecule has 0 bridgehead atoms. The lowest BCUT2D eigenvalue weighted by atomic mass is 10.1. The van der Waals surface area contributed by atoms with Gasteiger partial charge < -0.3 is 4.90 Å². The zero-order valence-electron chi connectivity index (χ0n) is 11.0. The normalized spacial score (nSPS) is 10.1. The zero-order chi connectivity index (χ0) is 14.4. The molecule has 1 aromatic rings. The minimum absolute atomic E-state index is 0.0976. The quantitative estimate of drug-likeness (QED) is 0.819. The first kappa shape index (κ1) is 14.9. The van der Waals surface area contributed by atoms with E-state index in [2.05, 4.69) is 0 Å². The molecular formula is C14H15F2N3. The Morgan fingerprint density at radius 3 is 2.42 bits per heavy atom. The van der Waals surface area contributed by atoms with Crippen molar-refractivity contribution in [3.8, 4) is 12.1 Å². The van der Waals surface area contributed by atoms with E-state index in [1.54, 1.807) is 11.0 Å². The third-order valence-corrected chi connectivity index (χ3v) is 2.60. The van der Waals surface area contributed by atoms with Crippen molar-refractivity contribution < 1.29 is 8.78 Å². The molecule has 5 heteroatoms. The van der Waals surface area contributed by atoms with Gasteiger partial charge in [-0.3, -0.25) is 0 Å². The van der Waals surface area contributed by atoms with Crippen LogP contribution in [-0.4, -0.2) is 13.1 Å². The van der Waals surface area contributed by atoms with Gasteiger partial charge in [-0.1, -0.05) is 13.8 Å². The number of nitrogens with zero attached hydrogens (tertiary/aromatic N) is 3. The Morgan fingerprint density at radius 1 is 1.21 bits per heavy atom. The van der Waals surface area contributed by atoms with Gasteiger partial charge in [0.25, 0.3) is 0 Å². The lowest BCUT2D eigenvalue weighted by Crippen LogP contribution is -2.29. The van der Waals surface area contributed by atoms with Crippen LogP contribution in [0.4, 0.5) is 14.5 Å². The maximum absolute atomic E-state index is 13.9. The summed E-state index contributed by atoms with van der Waals surface area (Å²) in [6.07, 6.45) is 0.230. The number of halogens is 2. The van der Waals surface area contributed by atoms with Crippen molar-refractivity contribution in [3.05, 3.63) is 29.3 Å².